The molecule has 3 aliphatic heterocycles. The Labute approximate surface area is 66.2 Å². The molecule has 0 aliphatic carbocycles. The van der Waals surface area contributed by atoms with E-state index in [-0.39, 0.29) is 5.92 Å². The molecule has 1 atom stereocenters. The van der Waals surface area contributed by atoms with Crippen molar-refractivity contribution in [3.63, 3.8) is 0 Å². The second-order valence-electron chi connectivity index (χ2n) is 3.59. The number of nitrogens with zero attached hydrogens (tertiary/aromatic N) is 2. The van der Waals surface area contributed by atoms with Crippen LogP contribution in [0, 0.1) is 17.2 Å². The minimum absolute atomic E-state index is 0.234. The number of aliphatic hydroxyl groups is 1. The zero-order valence-electron chi connectivity index (χ0n) is 6.45. The van der Waals surface area contributed by atoms with Crippen LogP contribution in [-0.4, -0.2) is 35.2 Å². The van der Waals surface area contributed by atoms with Gasteiger partial charge >= 0.3 is 0 Å². The summed E-state index contributed by atoms with van der Waals surface area (Å²) in [4.78, 5) is 2.17. The Bertz CT molecular complexity index is 203. The maximum Gasteiger partial charge on any atom is 0.166 e. The van der Waals surface area contributed by atoms with Gasteiger partial charge < -0.3 is 5.11 Å². The van der Waals surface area contributed by atoms with E-state index in [2.05, 4.69) is 4.90 Å². The zero-order valence-corrected chi connectivity index (χ0v) is 6.45. The third-order valence-electron chi connectivity index (χ3n) is 2.92. The molecule has 0 spiro atoms. The van der Waals surface area contributed by atoms with Gasteiger partial charge in [0.05, 0.1) is 6.07 Å². The molecule has 3 heteroatoms. The first-order chi connectivity index (χ1) is 5.24. The average molecular weight is 152 g/mol. The van der Waals surface area contributed by atoms with E-state index in [1.807, 2.05) is 6.07 Å². The summed E-state index contributed by atoms with van der Waals surface area (Å²) in [6.45, 7) is 2.69. The molecule has 0 saturated carbocycles. The van der Waals surface area contributed by atoms with Gasteiger partial charge in [-0.3, -0.25) is 4.90 Å². The van der Waals surface area contributed by atoms with Crippen molar-refractivity contribution in [1.29, 1.82) is 5.26 Å². The summed E-state index contributed by atoms with van der Waals surface area (Å²) in [5.74, 6) is 0.234. The number of hydrogen-bond acceptors (Lipinski definition) is 3. The molecule has 0 aromatic carbocycles. The SMILES string of the molecule is N#C[C@]1(O)CN2CCC1CC2. The highest BCUT2D eigenvalue weighted by atomic mass is 16.3. The van der Waals surface area contributed by atoms with Crippen molar-refractivity contribution in [3.8, 4) is 6.07 Å². The van der Waals surface area contributed by atoms with Crippen LogP contribution in [0.25, 0.3) is 0 Å². The Hall–Kier alpha value is -0.590. The fourth-order valence-electron chi connectivity index (χ4n) is 2.17. The second kappa shape index (κ2) is 2.20. The first kappa shape index (κ1) is 7.08. The summed E-state index contributed by atoms with van der Waals surface area (Å²) in [5, 5.41) is 18.5. The lowest BCUT2D eigenvalue weighted by atomic mass is 9.76. The van der Waals surface area contributed by atoms with E-state index in [1.165, 1.54) is 0 Å². The summed E-state index contributed by atoms with van der Waals surface area (Å²) < 4.78 is 0. The summed E-state index contributed by atoms with van der Waals surface area (Å²) in [7, 11) is 0. The Kier molecular flexibility index (Phi) is 1.41. The topological polar surface area (TPSA) is 47.3 Å². The van der Waals surface area contributed by atoms with Gasteiger partial charge in [0.1, 0.15) is 0 Å². The number of rotatable bonds is 0. The van der Waals surface area contributed by atoms with Gasteiger partial charge in [0.25, 0.3) is 0 Å². The molecule has 11 heavy (non-hydrogen) atoms. The van der Waals surface area contributed by atoms with E-state index in [0.717, 1.165) is 25.9 Å². The van der Waals surface area contributed by atoms with Crippen LogP contribution < -0.4 is 0 Å². The highest BCUT2D eigenvalue weighted by Crippen LogP contribution is 2.34. The number of hydrogen-bond donors (Lipinski definition) is 1. The van der Waals surface area contributed by atoms with Crippen LogP contribution in [0.1, 0.15) is 12.8 Å². The first-order valence-electron chi connectivity index (χ1n) is 4.10. The maximum atomic E-state index is 9.77. The van der Waals surface area contributed by atoms with Crippen molar-refractivity contribution in [3.05, 3.63) is 0 Å². The predicted molar refractivity (Wildman–Crippen MR) is 39.7 cm³/mol. The summed E-state index contributed by atoms with van der Waals surface area (Å²) in [6.07, 6.45) is 1.98. The van der Waals surface area contributed by atoms with E-state index >= 15 is 0 Å². The van der Waals surface area contributed by atoms with Crippen LogP contribution in [0.4, 0.5) is 0 Å². The van der Waals surface area contributed by atoms with Crippen molar-refractivity contribution < 1.29 is 5.11 Å². The lowest BCUT2D eigenvalue weighted by Gasteiger charge is -2.46. The Balaban J connectivity index is 2.21. The Morgan fingerprint density at radius 1 is 1.45 bits per heavy atom. The number of fused-ring (bicyclic) bond motifs is 3. The van der Waals surface area contributed by atoms with Gasteiger partial charge in [-0.25, -0.2) is 0 Å². The van der Waals surface area contributed by atoms with Crippen molar-refractivity contribution in [2.24, 2.45) is 5.92 Å². The van der Waals surface area contributed by atoms with Gasteiger partial charge in [0.15, 0.2) is 5.60 Å². The largest absolute Gasteiger partial charge is 0.374 e. The molecular weight excluding hydrogens is 140 g/mol. The van der Waals surface area contributed by atoms with Gasteiger partial charge in [0.2, 0.25) is 0 Å². The molecule has 0 amide bonds. The van der Waals surface area contributed by atoms with Gasteiger partial charge in [-0.05, 0) is 25.9 Å². The molecule has 0 radical (unpaired) electrons. The molecule has 3 fully saturated rings. The third-order valence-corrected chi connectivity index (χ3v) is 2.92. The van der Waals surface area contributed by atoms with Crippen LogP contribution in [0.2, 0.25) is 0 Å². The molecule has 1 N–H and O–H groups in total. The molecular formula is C8H12N2O. The van der Waals surface area contributed by atoms with E-state index < -0.39 is 5.60 Å². The molecule has 3 aliphatic rings. The summed E-state index contributed by atoms with van der Waals surface area (Å²) in [5.41, 5.74) is -1.03. The van der Waals surface area contributed by atoms with Crippen molar-refractivity contribution in [1.82, 2.24) is 4.90 Å². The van der Waals surface area contributed by atoms with Gasteiger partial charge in [0, 0.05) is 12.5 Å². The van der Waals surface area contributed by atoms with Crippen LogP contribution in [-0.2, 0) is 0 Å². The normalized spacial score (nSPS) is 48.7. The van der Waals surface area contributed by atoms with Crippen LogP contribution in [0.15, 0.2) is 0 Å². The average Bonchev–Trinajstić information content (AvgIpc) is 2.06. The van der Waals surface area contributed by atoms with Crippen molar-refractivity contribution >= 4 is 0 Å². The quantitative estimate of drug-likeness (QED) is 0.496. The molecule has 3 heterocycles. The molecule has 0 unspecified atom stereocenters. The van der Waals surface area contributed by atoms with Gasteiger partial charge in [-0.2, -0.15) is 5.26 Å². The van der Waals surface area contributed by atoms with E-state index in [1.54, 1.807) is 0 Å². The number of nitriles is 1. The van der Waals surface area contributed by atoms with E-state index in [0.29, 0.717) is 6.54 Å². The highest BCUT2D eigenvalue weighted by Gasteiger charge is 2.45. The summed E-state index contributed by atoms with van der Waals surface area (Å²) in [6, 6.07) is 2.03. The zero-order chi connectivity index (χ0) is 7.90. The van der Waals surface area contributed by atoms with Gasteiger partial charge in [-0.1, -0.05) is 0 Å². The fraction of sp³-hybridized carbons (Fsp3) is 0.875. The lowest BCUT2D eigenvalue weighted by Crippen LogP contribution is -2.58. The molecule has 0 aromatic heterocycles. The smallest absolute Gasteiger partial charge is 0.166 e. The fourth-order valence-corrected chi connectivity index (χ4v) is 2.17. The molecule has 3 nitrogen and oxygen atoms in total. The van der Waals surface area contributed by atoms with Crippen molar-refractivity contribution in [2.45, 2.75) is 18.4 Å². The molecule has 60 valence electrons. The van der Waals surface area contributed by atoms with Crippen LogP contribution >= 0.6 is 0 Å². The Morgan fingerprint density at radius 3 is 2.36 bits per heavy atom. The monoisotopic (exact) mass is 152 g/mol. The minimum atomic E-state index is -1.03. The van der Waals surface area contributed by atoms with Crippen LogP contribution in [0.5, 0.6) is 0 Å². The lowest BCUT2D eigenvalue weighted by molar-refractivity contribution is -0.0726. The Morgan fingerprint density at radius 2 is 2.09 bits per heavy atom. The van der Waals surface area contributed by atoms with E-state index in [4.69, 9.17) is 5.26 Å². The molecule has 0 aromatic rings. The molecule has 3 rings (SSSR count). The van der Waals surface area contributed by atoms with E-state index in [9.17, 15) is 5.11 Å². The summed E-state index contributed by atoms with van der Waals surface area (Å²) >= 11 is 0. The minimum Gasteiger partial charge on any atom is -0.374 e. The maximum absolute atomic E-state index is 9.77. The highest BCUT2D eigenvalue weighted by molar-refractivity contribution is 5.11. The number of piperidine rings is 3. The first-order valence-corrected chi connectivity index (χ1v) is 4.10. The van der Waals surface area contributed by atoms with Gasteiger partial charge in [-0.15, -0.1) is 0 Å². The molecule has 2 bridgehead atoms. The third kappa shape index (κ3) is 0.943. The van der Waals surface area contributed by atoms with Crippen molar-refractivity contribution in [2.75, 3.05) is 19.6 Å². The molecule has 3 saturated heterocycles. The van der Waals surface area contributed by atoms with Crippen LogP contribution in [0.3, 0.4) is 0 Å². The second-order valence-corrected chi connectivity index (χ2v) is 3.59. The standard InChI is InChI=1S/C8H12N2O/c9-5-8(11)6-10-3-1-7(8)2-4-10/h7,11H,1-4,6H2/t8-/m0/s1. The predicted octanol–water partition coefficient (Wildman–Crippen LogP) is -0.0333.